The standard InChI is InChI=1S/C16H10F3NO4S/c1-8(21)9-6-12(25-7-9)15(22)24-13(16(17,18)19)14-20-10-4-2-3-5-11(10)23-14/h2-7,13H,1H3/t13-/m0/s1. The number of fused-ring (bicyclic) bond motifs is 1. The second-order valence-corrected chi connectivity index (χ2v) is 6.01. The van der Waals surface area contributed by atoms with E-state index in [2.05, 4.69) is 9.72 Å². The van der Waals surface area contributed by atoms with Crippen LogP contribution < -0.4 is 0 Å². The predicted molar refractivity (Wildman–Crippen MR) is 82.5 cm³/mol. The molecule has 2 aromatic heterocycles. The maximum absolute atomic E-state index is 13.3. The van der Waals surface area contributed by atoms with Gasteiger partial charge in [-0.15, -0.1) is 11.3 Å². The van der Waals surface area contributed by atoms with Crippen molar-refractivity contribution < 1.29 is 31.9 Å². The summed E-state index contributed by atoms with van der Waals surface area (Å²) in [7, 11) is 0. The molecule has 25 heavy (non-hydrogen) atoms. The second-order valence-electron chi connectivity index (χ2n) is 5.10. The van der Waals surface area contributed by atoms with Gasteiger partial charge in [-0.1, -0.05) is 12.1 Å². The highest BCUT2D eigenvalue weighted by Gasteiger charge is 2.48. The van der Waals surface area contributed by atoms with Crippen molar-refractivity contribution in [3.8, 4) is 0 Å². The number of ether oxygens (including phenoxy) is 1. The SMILES string of the molecule is CC(=O)c1csc(C(=O)O[C@@H](c2nc3ccccc3o2)C(F)(F)F)c1. The van der Waals surface area contributed by atoms with Gasteiger partial charge in [0.2, 0.25) is 5.89 Å². The van der Waals surface area contributed by atoms with Crippen molar-refractivity contribution in [1.82, 2.24) is 4.98 Å². The average Bonchev–Trinajstić information content (AvgIpc) is 3.17. The molecule has 0 bridgehead atoms. The normalized spacial score (nSPS) is 13.0. The van der Waals surface area contributed by atoms with E-state index in [9.17, 15) is 22.8 Å². The van der Waals surface area contributed by atoms with Gasteiger partial charge < -0.3 is 9.15 Å². The Bertz CT molecular complexity index is 911. The quantitative estimate of drug-likeness (QED) is 0.498. The monoisotopic (exact) mass is 369 g/mol. The molecule has 3 rings (SSSR count). The molecular formula is C16H10F3NO4S. The predicted octanol–water partition coefficient (Wildman–Crippen LogP) is 4.55. The van der Waals surface area contributed by atoms with Crippen molar-refractivity contribution >= 4 is 34.2 Å². The first-order chi connectivity index (χ1) is 11.8. The van der Waals surface area contributed by atoms with E-state index in [0.717, 1.165) is 11.3 Å². The number of nitrogens with zero attached hydrogens (tertiary/aromatic N) is 1. The number of para-hydroxylation sites is 2. The molecule has 0 saturated carbocycles. The molecule has 0 aliphatic heterocycles. The van der Waals surface area contributed by atoms with Gasteiger partial charge in [0.15, 0.2) is 11.4 Å². The van der Waals surface area contributed by atoms with Crippen molar-refractivity contribution in [2.24, 2.45) is 0 Å². The molecule has 0 radical (unpaired) electrons. The molecule has 9 heteroatoms. The van der Waals surface area contributed by atoms with E-state index in [1.165, 1.54) is 30.5 Å². The van der Waals surface area contributed by atoms with Crippen LogP contribution in [0.4, 0.5) is 13.2 Å². The van der Waals surface area contributed by atoms with E-state index < -0.39 is 24.1 Å². The Balaban J connectivity index is 1.90. The van der Waals surface area contributed by atoms with Gasteiger partial charge >= 0.3 is 12.1 Å². The number of benzene rings is 1. The summed E-state index contributed by atoms with van der Waals surface area (Å²) in [6.45, 7) is 1.29. The van der Waals surface area contributed by atoms with Crippen LogP contribution in [0.25, 0.3) is 11.1 Å². The lowest BCUT2D eigenvalue weighted by Crippen LogP contribution is -2.26. The molecule has 3 aromatic rings. The summed E-state index contributed by atoms with van der Waals surface area (Å²) >= 11 is 0.825. The largest absolute Gasteiger partial charge is 0.438 e. The number of hydrogen-bond donors (Lipinski definition) is 0. The molecule has 2 heterocycles. The zero-order valence-electron chi connectivity index (χ0n) is 12.7. The van der Waals surface area contributed by atoms with Crippen molar-refractivity contribution in [3.05, 3.63) is 52.0 Å². The lowest BCUT2D eigenvalue weighted by molar-refractivity contribution is -0.213. The Morgan fingerprint density at radius 3 is 2.60 bits per heavy atom. The lowest BCUT2D eigenvalue weighted by Gasteiger charge is -2.17. The van der Waals surface area contributed by atoms with Gasteiger partial charge in [0.1, 0.15) is 10.4 Å². The summed E-state index contributed by atoms with van der Waals surface area (Å²) in [5, 5.41) is 1.38. The Hall–Kier alpha value is -2.68. The third-order valence-corrected chi connectivity index (χ3v) is 4.17. The van der Waals surface area contributed by atoms with Crippen LogP contribution in [0.3, 0.4) is 0 Å². The van der Waals surface area contributed by atoms with Crippen LogP contribution in [-0.4, -0.2) is 22.9 Å². The number of carbonyl (C=O) groups excluding carboxylic acids is 2. The Labute approximate surface area is 143 Å². The van der Waals surface area contributed by atoms with Crippen LogP contribution in [0, 0.1) is 0 Å². The third kappa shape index (κ3) is 3.55. The molecule has 0 N–H and O–H groups in total. The molecule has 0 amide bonds. The van der Waals surface area contributed by atoms with Crippen molar-refractivity contribution in [2.45, 2.75) is 19.2 Å². The zero-order chi connectivity index (χ0) is 18.2. The molecule has 0 aliphatic rings. The number of Topliss-reactive ketones (excluding diaryl/α,β-unsaturated/α-hetero) is 1. The number of ketones is 1. The van der Waals surface area contributed by atoms with E-state index >= 15 is 0 Å². The minimum Gasteiger partial charge on any atom is -0.438 e. The highest BCUT2D eigenvalue weighted by Crippen LogP contribution is 2.37. The number of thiophene rings is 1. The smallest absolute Gasteiger partial charge is 0.434 e. The molecule has 5 nitrogen and oxygen atoms in total. The fraction of sp³-hybridized carbons (Fsp3) is 0.188. The first-order valence-electron chi connectivity index (χ1n) is 6.98. The van der Waals surface area contributed by atoms with Gasteiger partial charge in [-0.2, -0.15) is 13.2 Å². The molecule has 0 spiro atoms. The molecule has 0 fully saturated rings. The summed E-state index contributed by atoms with van der Waals surface area (Å²) in [5.74, 6) is -2.27. The number of hydrogen-bond acceptors (Lipinski definition) is 6. The number of aromatic nitrogens is 1. The Morgan fingerprint density at radius 1 is 1.28 bits per heavy atom. The lowest BCUT2D eigenvalue weighted by atomic mass is 10.2. The molecule has 0 saturated heterocycles. The minimum absolute atomic E-state index is 0.115. The Morgan fingerprint density at radius 2 is 2.00 bits per heavy atom. The van der Waals surface area contributed by atoms with E-state index in [1.807, 2.05) is 0 Å². The summed E-state index contributed by atoms with van der Waals surface area (Å²) in [6.07, 6.45) is -7.55. The third-order valence-electron chi connectivity index (χ3n) is 3.26. The molecule has 0 aliphatic carbocycles. The molecule has 1 aromatic carbocycles. The minimum atomic E-state index is -4.91. The molecule has 1 atom stereocenters. The van der Waals surface area contributed by atoms with Gasteiger partial charge in [-0.05, 0) is 25.1 Å². The van der Waals surface area contributed by atoms with Gasteiger partial charge in [0.05, 0.1) is 0 Å². The van der Waals surface area contributed by atoms with Crippen LogP contribution in [0.15, 0.2) is 40.1 Å². The van der Waals surface area contributed by atoms with Crippen molar-refractivity contribution in [1.29, 1.82) is 0 Å². The van der Waals surface area contributed by atoms with E-state index in [0.29, 0.717) is 0 Å². The zero-order valence-corrected chi connectivity index (χ0v) is 13.5. The number of carbonyl (C=O) groups is 2. The Kier molecular flexibility index (Phi) is 4.34. The van der Waals surface area contributed by atoms with Gasteiger partial charge in [0.25, 0.3) is 6.10 Å². The van der Waals surface area contributed by atoms with E-state index in [-0.39, 0.29) is 27.3 Å². The first kappa shape index (κ1) is 17.2. The van der Waals surface area contributed by atoms with Crippen LogP contribution in [0.1, 0.15) is 38.9 Å². The highest BCUT2D eigenvalue weighted by atomic mass is 32.1. The summed E-state index contributed by atoms with van der Waals surface area (Å²) in [5.41, 5.74) is 0.595. The van der Waals surface area contributed by atoms with E-state index in [1.54, 1.807) is 12.1 Å². The molecular weight excluding hydrogens is 359 g/mol. The average molecular weight is 369 g/mol. The van der Waals surface area contributed by atoms with Crippen LogP contribution >= 0.6 is 11.3 Å². The number of halogens is 3. The summed E-state index contributed by atoms with van der Waals surface area (Å²) in [4.78, 5) is 26.9. The number of oxazole rings is 1. The number of rotatable bonds is 4. The highest BCUT2D eigenvalue weighted by molar-refractivity contribution is 7.12. The van der Waals surface area contributed by atoms with Crippen LogP contribution in [0.2, 0.25) is 0 Å². The van der Waals surface area contributed by atoms with E-state index in [4.69, 9.17) is 4.42 Å². The molecule has 0 unspecified atom stereocenters. The number of esters is 1. The van der Waals surface area contributed by atoms with Crippen molar-refractivity contribution in [2.75, 3.05) is 0 Å². The maximum atomic E-state index is 13.3. The van der Waals surface area contributed by atoms with Gasteiger partial charge in [-0.25, -0.2) is 9.78 Å². The number of alkyl halides is 3. The van der Waals surface area contributed by atoms with Crippen LogP contribution in [-0.2, 0) is 4.74 Å². The summed E-state index contributed by atoms with van der Waals surface area (Å²) in [6, 6.07) is 7.31. The topological polar surface area (TPSA) is 69.4 Å². The molecule has 130 valence electrons. The second kappa shape index (κ2) is 6.32. The fourth-order valence-corrected chi connectivity index (χ4v) is 2.88. The summed E-state index contributed by atoms with van der Waals surface area (Å²) < 4.78 is 49.6. The maximum Gasteiger partial charge on any atom is 0.434 e. The van der Waals surface area contributed by atoms with Gasteiger partial charge in [0, 0.05) is 10.9 Å². The fourth-order valence-electron chi connectivity index (χ4n) is 2.05. The van der Waals surface area contributed by atoms with Crippen molar-refractivity contribution in [3.63, 3.8) is 0 Å². The van der Waals surface area contributed by atoms with Crippen LogP contribution in [0.5, 0.6) is 0 Å². The first-order valence-corrected chi connectivity index (χ1v) is 7.86. The van der Waals surface area contributed by atoms with Gasteiger partial charge in [-0.3, -0.25) is 4.79 Å².